The van der Waals surface area contributed by atoms with Crippen molar-refractivity contribution in [1.82, 2.24) is 4.98 Å². The van der Waals surface area contributed by atoms with E-state index in [1.165, 1.54) is 5.56 Å². The van der Waals surface area contributed by atoms with Gasteiger partial charge in [-0.3, -0.25) is 4.79 Å². The molecule has 1 aromatic heterocycles. The van der Waals surface area contributed by atoms with E-state index in [0.717, 1.165) is 17.5 Å². The molecule has 0 saturated carbocycles. The Bertz CT molecular complexity index is 1190. The second kappa shape index (κ2) is 9.04. The lowest BCUT2D eigenvalue weighted by Crippen LogP contribution is -2.20. The number of amides is 1. The molecule has 0 unspecified atom stereocenters. The number of aromatic nitrogens is 1. The van der Waals surface area contributed by atoms with Crippen LogP contribution in [-0.4, -0.2) is 17.5 Å². The van der Waals surface area contributed by atoms with Crippen LogP contribution in [-0.2, 0) is 4.79 Å². The zero-order chi connectivity index (χ0) is 21.8. The Morgan fingerprint density at radius 3 is 2.65 bits per heavy atom. The maximum atomic E-state index is 12.3. The predicted octanol–water partition coefficient (Wildman–Crippen LogP) is 6.33. The molecule has 0 aliphatic carbocycles. The Balaban J connectivity index is 1.39. The summed E-state index contributed by atoms with van der Waals surface area (Å²) in [4.78, 5) is 16.9. The van der Waals surface area contributed by atoms with Crippen LogP contribution in [0.5, 0.6) is 5.75 Å². The Morgan fingerprint density at radius 1 is 1.10 bits per heavy atom. The van der Waals surface area contributed by atoms with Gasteiger partial charge in [-0.25, -0.2) is 4.98 Å². The smallest absolute Gasteiger partial charge is 0.262 e. The van der Waals surface area contributed by atoms with Crippen LogP contribution >= 0.6 is 0 Å². The van der Waals surface area contributed by atoms with Gasteiger partial charge in [-0.1, -0.05) is 43.7 Å². The van der Waals surface area contributed by atoms with Crippen LogP contribution < -0.4 is 10.1 Å². The maximum Gasteiger partial charge on any atom is 0.262 e. The van der Waals surface area contributed by atoms with Crippen molar-refractivity contribution in [2.45, 2.75) is 33.1 Å². The molecule has 1 atom stereocenters. The topological polar surface area (TPSA) is 64.4 Å². The zero-order valence-electron chi connectivity index (χ0n) is 18.0. The number of ether oxygens (including phenoxy) is 1. The van der Waals surface area contributed by atoms with Gasteiger partial charge in [-0.05, 0) is 67.3 Å². The fourth-order valence-corrected chi connectivity index (χ4v) is 3.38. The molecule has 4 rings (SSSR count). The number of fused-ring (bicyclic) bond motifs is 1. The van der Waals surface area contributed by atoms with E-state index in [0.29, 0.717) is 34.3 Å². The molecule has 1 N–H and O–H groups in total. The van der Waals surface area contributed by atoms with Crippen molar-refractivity contribution >= 4 is 22.7 Å². The van der Waals surface area contributed by atoms with Crippen molar-refractivity contribution in [2.75, 3.05) is 11.9 Å². The van der Waals surface area contributed by atoms with Crippen molar-refractivity contribution in [2.24, 2.45) is 0 Å². The standard InChI is InChI=1S/C26H26N2O3/c1-4-18(3)19-8-11-22(12-9-19)30-16-25(29)27-21-10-13-24-23(15-21)28-26(31-24)20-7-5-6-17(2)14-20/h5-15,18H,4,16H2,1-3H3,(H,27,29)/t18-/m1/s1. The van der Waals surface area contributed by atoms with Crippen molar-refractivity contribution in [3.8, 4) is 17.2 Å². The van der Waals surface area contributed by atoms with Crippen LogP contribution in [0, 0.1) is 6.92 Å². The average Bonchev–Trinajstić information content (AvgIpc) is 3.21. The van der Waals surface area contributed by atoms with Crippen LogP contribution in [0.3, 0.4) is 0 Å². The highest BCUT2D eigenvalue weighted by Crippen LogP contribution is 2.27. The second-order valence-electron chi connectivity index (χ2n) is 7.79. The number of aryl methyl sites for hydroxylation is 1. The monoisotopic (exact) mass is 414 g/mol. The third-order valence-corrected chi connectivity index (χ3v) is 5.37. The van der Waals surface area contributed by atoms with Gasteiger partial charge in [0.05, 0.1) is 0 Å². The number of hydrogen-bond acceptors (Lipinski definition) is 4. The van der Waals surface area contributed by atoms with Crippen LogP contribution in [0.1, 0.15) is 37.3 Å². The molecular weight excluding hydrogens is 388 g/mol. The van der Waals surface area contributed by atoms with Gasteiger partial charge in [0.1, 0.15) is 11.3 Å². The van der Waals surface area contributed by atoms with Crippen molar-refractivity contribution < 1.29 is 13.9 Å². The minimum absolute atomic E-state index is 0.0614. The fourth-order valence-electron chi connectivity index (χ4n) is 3.38. The van der Waals surface area contributed by atoms with Gasteiger partial charge in [0.2, 0.25) is 5.89 Å². The quantitative estimate of drug-likeness (QED) is 0.383. The summed E-state index contributed by atoms with van der Waals surface area (Å²) in [5.74, 6) is 1.52. The van der Waals surface area contributed by atoms with Gasteiger partial charge < -0.3 is 14.5 Å². The normalized spacial score (nSPS) is 12.0. The molecule has 0 spiro atoms. The third-order valence-electron chi connectivity index (χ3n) is 5.37. The average molecular weight is 415 g/mol. The molecular formula is C26H26N2O3. The number of hydrogen-bond donors (Lipinski definition) is 1. The number of carbonyl (C=O) groups excluding carboxylic acids is 1. The highest BCUT2D eigenvalue weighted by atomic mass is 16.5. The number of oxazole rings is 1. The first-order valence-corrected chi connectivity index (χ1v) is 10.5. The van der Waals surface area contributed by atoms with E-state index < -0.39 is 0 Å². The van der Waals surface area contributed by atoms with Crippen molar-refractivity contribution in [1.29, 1.82) is 0 Å². The van der Waals surface area contributed by atoms with E-state index in [9.17, 15) is 4.79 Å². The Labute approximate surface area is 182 Å². The lowest BCUT2D eigenvalue weighted by molar-refractivity contribution is -0.118. The first-order valence-electron chi connectivity index (χ1n) is 10.5. The molecule has 0 radical (unpaired) electrons. The second-order valence-corrected chi connectivity index (χ2v) is 7.79. The van der Waals surface area contributed by atoms with Gasteiger partial charge >= 0.3 is 0 Å². The van der Waals surface area contributed by atoms with Gasteiger partial charge in [0.25, 0.3) is 5.91 Å². The number of carbonyl (C=O) groups is 1. The Kier molecular flexibility index (Phi) is 6.03. The molecule has 0 bridgehead atoms. The van der Waals surface area contributed by atoms with Crippen LogP contribution in [0.15, 0.2) is 71.1 Å². The molecule has 1 heterocycles. The predicted molar refractivity (Wildman–Crippen MR) is 123 cm³/mol. The summed E-state index contributed by atoms with van der Waals surface area (Å²) in [6.45, 7) is 6.33. The Hall–Kier alpha value is -3.60. The molecule has 0 fully saturated rings. The summed E-state index contributed by atoms with van der Waals surface area (Å²) in [6, 6.07) is 21.3. The number of benzene rings is 3. The molecule has 31 heavy (non-hydrogen) atoms. The number of nitrogens with one attached hydrogen (secondary N) is 1. The van der Waals surface area contributed by atoms with Gasteiger partial charge in [0.15, 0.2) is 12.2 Å². The largest absolute Gasteiger partial charge is 0.484 e. The minimum Gasteiger partial charge on any atom is -0.484 e. The van der Waals surface area contributed by atoms with E-state index in [2.05, 4.69) is 24.1 Å². The van der Waals surface area contributed by atoms with Gasteiger partial charge in [-0.15, -0.1) is 0 Å². The summed E-state index contributed by atoms with van der Waals surface area (Å²) >= 11 is 0. The van der Waals surface area contributed by atoms with Crippen LogP contribution in [0.4, 0.5) is 5.69 Å². The summed E-state index contributed by atoms with van der Waals surface area (Å²) in [7, 11) is 0. The van der Waals surface area contributed by atoms with E-state index in [1.54, 1.807) is 12.1 Å². The van der Waals surface area contributed by atoms with E-state index in [4.69, 9.17) is 9.15 Å². The first kappa shape index (κ1) is 20.7. The van der Waals surface area contributed by atoms with Crippen molar-refractivity contribution in [3.63, 3.8) is 0 Å². The van der Waals surface area contributed by atoms with Gasteiger partial charge in [0, 0.05) is 11.3 Å². The van der Waals surface area contributed by atoms with Crippen LogP contribution in [0.2, 0.25) is 0 Å². The molecule has 4 aromatic rings. The highest BCUT2D eigenvalue weighted by Gasteiger charge is 2.11. The molecule has 0 aliphatic heterocycles. The summed E-state index contributed by atoms with van der Waals surface area (Å²) in [5, 5.41) is 2.86. The number of anilines is 1. The molecule has 0 aliphatic rings. The molecule has 158 valence electrons. The lowest BCUT2D eigenvalue weighted by atomic mass is 9.99. The maximum absolute atomic E-state index is 12.3. The molecule has 3 aromatic carbocycles. The Morgan fingerprint density at radius 2 is 1.90 bits per heavy atom. The van der Waals surface area contributed by atoms with Crippen molar-refractivity contribution in [3.05, 3.63) is 77.9 Å². The molecule has 5 nitrogen and oxygen atoms in total. The molecule has 1 amide bonds. The van der Waals surface area contributed by atoms with E-state index in [1.807, 2.05) is 61.5 Å². The SMILES string of the molecule is CC[C@@H](C)c1ccc(OCC(=O)Nc2ccc3oc(-c4cccc(C)c4)nc3c2)cc1. The van der Waals surface area contributed by atoms with E-state index in [-0.39, 0.29) is 12.5 Å². The van der Waals surface area contributed by atoms with Gasteiger partial charge in [-0.2, -0.15) is 0 Å². The lowest BCUT2D eigenvalue weighted by Gasteiger charge is -2.11. The number of rotatable bonds is 7. The van der Waals surface area contributed by atoms with E-state index >= 15 is 0 Å². The molecule has 5 heteroatoms. The summed E-state index contributed by atoms with van der Waals surface area (Å²) < 4.78 is 11.5. The third kappa shape index (κ3) is 4.94. The molecule has 0 saturated heterocycles. The first-order chi connectivity index (χ1) is 15.0. The zero-order valence-corrected chi connectivity index (χ0v) is 18.0. The number of nitrogens with zero attached hydrogens (tertiary/aromatic N) is 1. The van der Waals surface area contributed by atoms with Crippen LogP contribution in [0.25, 0.3) is 22.6 Å². The summed E-state index contributed by atoms with van der Waals surface area (Å²) in [5.41, 5.74) is 5.35. The fraction of sp³-hybridized carbons (Fsp3) is 0.231. The summed E-state index contributed by atoms with van der Waals surface area (Å²) in [6.07, 6.45) is 1.09. The highest BCUT2D eigenvalue weighted by molar-refractivity contribution is 5.94. The minimum atomic E-state index is -0.229.